The maximum Gasteiger partial charge on any atom is 0.341 e. The molecule has 1 N–H and O–H groups in total. The van der Waals surface area contributed by atoms with Crippen molar-refractivity contribution in [3.63, 3.8) is 0 Å². The molecule has 3 aliphatic heterocycles. The van der Waals surface area contributed by atoms with Crippen LogP contribution in [-0.4, -0.2) is 78.8 Å². The highest BCUT2D eigenvalue weighted by Gasteiger charge is 2.91. The summed E-state index contributed by atoms with van der Waals surface area (Å²) in [6, 6.07) is 0. The third-order valence-electron chi connectivity index (χ3n) is 7.59. The van der Waals surface area contributed by atoms with Gasteiger partial charge in [-0.2, -0.15) is 0 Å². The molecule has 9 heteroatoms. The van der Waals surface area contributed by atoms with Crippen molar-refractivity contribution in [3.05, 3.63) is 0 Å². The number of aliphatic hydroxyl groups is 1. The van der Waals surface area contributed by atoms with E-state index in [-0.39, 0.29) is 17.8 Å². The highest BCUT2D eigenvalue weighted by atomic mass is 16.8. The second-order valence-corrected chi connectivity index (χ2v) is 8.47. The zero-order valence-electron chi connectivity index (χ0n) is 15.1. The number of carbonyl (C=O) groups is 2. The number of fused-ring (bicyclic) bond motifs is 3. The fraction of sp³-hybridized carbons (Fsp3) is 0.889. The zero-order chi connectivity index (χ0) is 18.8. The first kappa shape index (κ1) is 16.7. The van der Waals surface area contributed by atoms with E-state index >= 15 is 0 Å². The molecule has 0 aromatic carbocycles. The molecule has 3 unspecified atom stereocenters. The quantitative estimate of drug-likeness (QED) is 0.481. The molecule has 27 heavy (non-hydrogen) atoms. The molecule has 6 aliphatic rings. The van der Waals surface area contributed by atoms with E-state index in [9.17, 15) is 14.7 Å². The summed E-state index contributed by atoms with van der Waals surface area (Å²) < 4.78 is 35.0. The summed E-state index contributed by atoms with van der Waals surface area (Å²) in [6.07, 6.45) is -1.48. The molecule has 2 bridgehead atoms. The lowest BCUT2D eigenvalue weighted by molar-refractivity contribution is -0.237. The molecule has 9 nitrogen and oxygen atoms in total. The SMILES string of the molecule is COC(=O)C12OC1CC1(OCCO1)[C@@]13O[C@@H]1[C@H](O)[C@H]1C[C@@H]2[C@@H]3C1OC(C)=O. The summed E-state index contributed by atoms with van der Waals surface area (Å²) in [7, 11) is 1.34. The van der Waals surface area contributed by atoms with E-state index in [2.05, 4.69) is 0 Å². The van der Waals surface area contributed by atoms with Crippen LogP contribution in [0.3, 0.4) is 0 Å². The first-order valence-corrected chi connectivity index (χ1v) is 9.48. The molecule has 0 aromatic rings. The number of hydrogen-bond acceptors (Lipinski definition) is 9. The van der Waals surface area contributed by atoms with Crippen molar-refractivity contribution in [2.24, 2.45) is 17.8 Å². The minimum Gasteiger partial charge on any atom is -0.467 e. The van der Waals surface area contributed by atoms with Gasteiger partial charge in [-0.05, 0) is 6.42 Å². The Morgan fingerprint density at radius 1 is 1.19 bits per heavy atom. The van der Waals surface area contributed by atoms with Crippen molar-refractivity contribution < 1.29 is 43.1 Å². The van der Waals surface area contributed by atoms with Crippen molar-refractivity contribution in [1.82, 2.24) is 0 Å². The number of ether oxygens (including phenoxy) is 6. The Hall–Kier alpha value is -1.26. The molecular formula is C18H22O9. The number of aliphatic hydroxyl groups excluding tert-OH is 1. The van der Waals surface area contributed by atoms with Crippen LogP contribution in [0.1, 0.15) is 19.8 Å². The highest BCUT2D eigenvalue weighted by Crippen LogP contribution is 2.74. The predicted octanol–water partition coefficient (Wildman–Crippen LogP) is -0.860. The predicted molar refractivity (Wildman–Crippen MR) is 83.1 cm³/mol. The smallest absolute Gasteiger partial charge is 0.341 e. The molecule has 0 radical (unpaired) electrons. The molecule has 6 fully saturated rings. The van der Waals surface area contributed by atoms with Crippen LogP contribution < -0.4 is 0 Å². The molecule has 148 valence electrons. The van der Waals surface area contributed by atoms with E-state index in [1.807, 2.05) is 0 Å². The Bertz CT molecular complexity index is 732. The normalized spacial score (nSPS) is 55.3. The van der Waals surface area contributed by atoms with Gasteiger partial charge in [-0.25, -0.2) is 4.79 Å². The highest BCUT2D eigenvalue weighted by molar-refractivity contribution is 5.84. The minimum absolute atomic E-state index is 0.307. The van der Waals surface area contributed by atoms with Crippen LogP contribution in [0.4, 0.5) is 0 Å². The molecule has 3 heterocycles. The van der Waals surface area contributed by atoms with Crippen molar-refractivity contribution >= 4 is 11.9 Å². The number of carbonyl (C=O) groups excluding carboxylic acids is 2. The molecule has 0 aromatic heterocycles. The molecule has 9 atom stereocenters. The third kappa shape index (κ3) is 1.66. The van der Waals surface area contributed by atoms with E-state index in [1.165, 1.54) is 14.0 Å². The van der Waals surface area contributed by atoms with Crippen LogP contribution in [0.15, 0.2) is 0 Å². The molecule has 0 amide bonds. The van der Waals surface area contributed by atoms with E-state index in [4.69, 9.17) is 28.4 Å². The number of methoxy groups -OCH3 is 1. The van der Waals surface area contributed by atoms with Crippen molar-refractivity contribution in [1.29, 1.82) is 0 Å². The Morgan fingerprint density at radius 2 is 1.93 bits per heavy atom. The molecular weight excluding hydrogens is 360 g/mol. The van der Waals surface area contributed by atoms with Gasteiger partial charge >= 0.3 is 11.9 Å². The van der Waals surface area contributed by atoms with E-state index < -0.39 is 53.3 Å². The maximum absolute atomic E-state index is 12.8. The lowest BCUT2D eigenvalue weighted by atomic mass is 9.69. The van der Waals surface area contributed by atoms with Gasteiger partial charge in [-0.3, -0.25) is 4.79 Å². The van der Waals surface area contributed by atoms with Gasteiger partial charge in [0.2, 0.25) is 5.79 Å². The molecule has 2 spiro atoms. The fourth-order valence-electron chi connectivity index (χ4n) is 6.71. The third-order valence-corrected chi connectivity index (χ3v) is 7.59. The second kappa shape index (κ2) is 4.83. The Morgan fingerprint density at radius 3 is 2.59 bits per heavy atom. The first-order valence-electron chi connectivity index (χ1n) is 9.48. The molecule has 3 saturated heterocycles. The number of rotatable bonds is 2. The molecule has 3 saturated carbocycles. The van der Waals surface area contributed by atoms with Gasteiger partial charge in [0.1, 0.15) is 18.3 Å². The van der Waals surface area contributed by atoms with Crippen LogP contribution in [0.2, 0.25) is 0 Å². The van der Waals surface area contributed by atoms with Gasteiger partial charge in [0, 0.05) is 31.1 Å². The summed E-state index contributed by atoms with van der Waals surface area (Å²) in [5, 5.41) is 11.0. The monoisotopic (exact) mass is 382 g/mol. The summed E-state index contributed by atoms with van der Waals surface area (Å²) >= 11 is 0. The standard InChI is InChI=1S/C18H22O9/c1-7(19)25-13-8-5-9-11(13)18(14(27-18)12(8)20)16(23-3-4-24-16)6-10-17(9,26-10)15(21)22-2/h8-14,20H,3-6H2,1-2H3/t8-,9-,10?,11-,12-,13?,14-,17?,18+/m1/s1. The number of hydrogen-bond donors (Lipinski definition) is 1. The van der Waals surface area contributed by atoms with Gasteiger partial charge in [0.05, 0.1) is 26.4 Å². The fourth-order valence-corrected chi connectivity index (χ4v) is 6.71. The van der Waals surface area contributed by atoms with Gasteiger partial charge in [-0.15, -0.1) is 0 Å². The number of epoxide rings is 2. The van der Waals surface area contributed by atoms with Crippen LogP contribution in [0, 0.1) is 17.8 Å². The van der Waals surface area contributed by atoms with Crippen molar-refractivity contribution in [2.75, 3.05) is 20.3 Å². The summed E-state index contributed by atoms with van der Waals surface area (Å²) in [6.45, 7) is 2.13. The second-order valence-electron chi connectivity index (χ2n) is 8.47. The topological polar surface area (TPSA) is 116 Å². The van der Waals surface area contributed by atoms with E-state index in [0.717, 1.165) is 0 Å². The van der Waals surface area contributed by atoms with Crippen molar-refractivity contribution in [2.45, 2.75) is 61.2 Å². The minimum atomic E-state index is -1.13. The summed E-state index contributed by atoms with van der Waals surface area (Å²) in [5.74, 6) is -3.00. The average Bonchev–Trinajstić information content (AvgIpc) is 3.45. The van der Waals surface area contributed by atoms with Gasteiger partial charge in [0.25, 0.3) is 0 Å². The van der Waals surface area contributed by atoms with Gasteiger partial charge in [-0.1, -0.05) is 0 Å². The Labute approximate surface area is 155 Å². The maximum atomic E-state index is 12.8. The van der Waals surface area contributed by atoms with Crippen LogP contribution >= 0.6 is 0 Å². The van der Waals surface area contributed by atoms with E-state index in [0.29, 0.717) is 26.1 Å². The van der Waals surface area contributed by atoms with Crippen molar-refractivity contribution in [3.8, 4) is 0 Å². The Balaban J connectivity index is 1.53. The van der Waals surface area contributed by atoms with E-state index in [1.54, 1.807) is 0 Å². The molecule has 3 aliphatic carbocycles. The Kier molecular flexibility index (Phi) is 2.98. The largest absolute Gasteiger partial charge is 0.467 e. The lowest BCUT2D eigenvalue weighted by Crippen LogP contribution is -2.61. The van der Waals surface area contributed by atoms with Crippen LogP contribution in [0.25, 0.3) is 0 Å². The zero-order valence-corrected chi connectivity index (χ0v) is 15.1. The van der Waals surface area contributed by atoms with Crippen LogP contribution in [-0.2, 0) is 38.0 Å². The first-order chi connectivity index (χ1) is 12.9. The van der Waals surface area contributed by atoms with Crippen LogP contribution in [0.5, 0.6) is 0 Å². The average molecular weight is 382 g/mol. The summed E-state index contributed by atoms with van der Waals surface area (Å²) in [5.41, 5.74) is -2.07. The lowest BCUT2D eigenvalue weighted by Gasteiger charge is -2.43. The summed E-state index contributed by atoms with van der Waals surface area (Å²) in [4.78, 5) is 24.6. The van der Waals surface area contributed by atoms with Gasteiger partial charge < -0.3 is 33.5 Å². The van der Waals surface area contributed by atoms with Gasteiger partial charge in [0.15, 0.2) is 11.2 Å². The molecule has 6 rings (SSSR count). The number of esters is 2.